The Labute approximate surface area is 151 Å². The number of aromatic amines is 2. The van der Waals surface area contributed by atoms with E-state index in [9.17, 15) is 0 Å². The van der Waals surface area contributed by atoms with Gasteiger partial charge in [0.25, 0.3) is 0 Å². The average Bonchev–Trinajstić information content (AvgIpc) is 3.33. The van der Waals surface area contributed by atoms with Crippen LogP contribution in [-0.2, 0) is 0 Å². The molecule has 5 rings (SSSR count). The maximum Gasteiger partial charge on any atom is 0.0464 e. The van der Waals surface area contributed by atoms with E-state index >= 15 is 0 Å². The predicted octanol–water partition coefficient (Wildman–Crippen LogP) is 6.38. The molecule has 2 N–H and O–H groups in total. The Morgan fingerprint density at radius 2 is 1.54 bits per heavy atom. The number of rotatable bonds is 3. The average molecular weight is 334 g/mol. The summed E-state index contributed by atoms with van der Waals surface area (Å²) in [5, 5.41) is 2.43. The smallest absolute Gasteiger partial charge is 0.0464 e. The summed E-state index contributed by atoms with van der Waals surface area (Å²) in [6, 6.07) is 27.6. The first kappa shape index (κ1) is 14.8. The number of para-hydroxylation sites is 1. The highest BCUT2D eigenvalue weighted by Crippen LogP contribution is 2.29. The molecule has 0 aliphatic rings. The molecule has 2 heterocycles. The number of hydrogen-bond acceptors (Lipinski definition) is 0. The lowest BCUT2D eigenvalue weighted by Crippen LogP contribution is -1.88. The minimum absolute atomic E-state index is 1.03. The third-order valence-electron chi connectivity index (χ3n) is 4.95. The highest BCUT2D eigenvalue weighted by molar-refractivity contribution is 5.89. The van der Waals surface area contributed by atoms with Crippen molar-refractivity contribution in [3.8, 4) is 11.3 Å². The zero-order valence-electron chi connectivity index (χ0n) is 14.3. The number of nitrogens with one attached hydrogen (secondary N) is 2. The van der Waals surface area contributed by atoms with Crippen molar-refractivity contribution in [3.05, 3.63) is 103 Å². The van der Waals surface area contributed by atoms with E-state index in [1.807, 2.05) is 6.20 Å². The van der Waals surface area contributed by atoms with Crippen LogP contribution in [0.15, 0.2) is 91.6 Å². The SMILES string of the molecule is C=C(c1cccc(-c2cc3ccccc3[nH]2)c1)c1ccc2[nH]ccc2c1. The fourth-order valence-electron chi connectivity index (χ4n) is 3.51. The Bertz CT molecular complexity index is 1220. The van der Waals surface area contributed by atoms with Crippen LogP contribution in [0.3, 0.4) is 0 Å². The molecule has 3 aromatic carbocycles. The third-order valence-corrected chi connectivity index (χ3v) is 4.95. The highest BCUT2D eigenvalue weighted by Gasteiger charge is 2.08. The number of benzene rings is 3. The van der Waals surface area contributed by atoms with Crippen LogP contribution in [0.4, 0.5) is 0 Å². The van der Waals surface area contributed by atoms with Gasteiger partial charge in [0.15, 0.2) is 0 Å². The van der Waals surface area contributed by atoms with Crippen LogP contribution in [-0.4, -0.2) is 9.97 Å². The molecule has 0 radical (unpaired) electrons. The topological polar surface area (TPSA) is 31.6 Å². The monoisotopic (exact) mass is 334 g/mol. The lowest BCUT2D eigenvalue weighted by molar-refractivity contribution is 1.44. The second kappa shape index (κ2) is 5.78. The van der Waals surface area contributed by atoms with E-state index in [0.29, 0.717) is 0 Å². The summed E-state index contributed by atoms with van der Waals surface area (Å²) in [5.74, 6) is 0. The second-order valence-electron chi connectivity index (χ2n) is 6.61. The summed E-state index contributed by atoms with van der Waals surface area (Å²) >= 11 is 0. The van der Waals surface area contributed by atoms with Gasteiger partial charge in [-0.25, -0.2) is 0 Å². The largest absolute Gasteiger partial charge is 0.361 e. The fraction of sp³-hybridized carbons (Fsp3) is 0. The molecule has 0 saturated heterocycles. The van der Waals surface area contributed by atoms with Crippen LogP contribution in [0.1, 0.15) is 11.1 Å². The Morgan fingerprint density at radius 3 is 2.46 bits per heavy atom. The number of H-pyrrole nitrogens is 2. The van der Waals surface area contributed by atoms with Crippen molar-refractivity contribution in [1.82, 2.24) is 9.97 Å². The number of fused-ring (bicyclic) bond motifs is 2. The Balaban J connectivity index is 1.55. The van der Waals surface area contributed by atoms with Crippen molar-refractivity contribution >= 4 is 27.4 Å². The van der Waals surface area contributed by atoms with Gasteiger partial charge >= 0.3 is 0 Å². The first-order chi connectivity index (χ1) is 12.8. The lowest BCUT2D eigenvalue weighted by atomic mass is 9.96. The van der Waals surface area contributed by atoms with Crippen LogP contribution in [0.25, 0.3) is 38.6 Å². The van der Waals surface area contributed by atoms with Crippen molar-refractivity contribution in [3.63, 3.8) is 0 Å². The van der Waals surface area contributed by atoms with E-state index < -0.39 is 0 Å². The summed E-state index contributed by atoms with van der Waals surface area (Å²) < 4.78 is 0. The minimum Gasteiger partial charge on any atom is -0.361 e. The van der Waals surface area contributed by atoms with Crippen molar-refractivity contribution in [2.45, 2.75) is 0 Å². The third kappa shape index (κ3) is 2.44. The molecule has 0 saturated carbocycles. The van der Waals surface area contributed by atoms with Crippen molar-refractivity contribution in [1.29, 1.82) is 0 Å². The zero-order valence-corrected chi connectivity index (χ0v) is 14.3. The van der Waals surface area contributed by atoms with E-state index in [-0.39, 0.29) is 0 Å². The quantitative estimate of drug-likeness (QED) is 0.384. The molecule has 0 unspecified atom stereocenters. The normalized spacial score (nSPS) is 11.2. The van der Waals surface area contributed by atoms with Gasteiger partial charge in [-0.15, -0.1) is 0 Å². The highest BCUT2D eigenvalue weighted by atomic mass is 14.7. The molecule has 5 aromatic rings. The van der Waals surface area contributed by atoms with Gasteiger partial charge in [-0.3, -0.25) is 0 Å². The van der Waals surface area contributed by atoms with E-state index in [1.54, 1.807) is 0 Å². The minimum atomic E-state index is 1.03. The number of hydrogen-bond donors (Lipinski definition) is 2. The molecule has 2 aromatic heterocycles. The van der Waals surface area contributed by atoms with Gasteiger partial charge in [-0.1, -0.05) is 49.0 Å². The molecule has 0 amide bonds. The molecule has 2 heteroatoms. The molecule has 26 heavy (non-hydrogen) atoms. The molecule has 2 nitrogen and oxygen atoms in total. The molecule has 124 valence electrons. The molecule has 0 fully saturated rings. The van der Waals surface area contributed by atoms with Crippen LogP contribution in [0, 0.1) is 0 Å². The maximum atomic E-state index is 4.34. The van der Waals surface area contributed by atoms with E-state index in [0.717, 1.165) is 33.4 Å². The summed E-state index contributed by atoms with van der Waals surface area (Å²) in [6.07, 6.45) is 1.97. The molecule has 0 aliphatic carbocycles. The van der Waals surface area contributed by atoms with Gasteiger partial charge in [-0.05, 0) is 64.0 Å². The number of aromatic nitrogens is 2. The first-order valence-electron chi connectivity index (χ1n) is 8.73. The van der Waals surface area contributed by atoms with Gasteiger partial charge in [-0.2, -0.15) is 0 Å². The van der Waals surface area contributed by atoms with E-state index in [1.165, 1.54) is 16.3 Å². The zero-order chi connectivity index (χ0) is 17.5. The lowest BCUT2D eigenvalue weighted by Gasteiger charge is -2.09. The summed E-state index contributed by atoms with van der Waals surface area (Å²) in [4.78, 5) is 6.74. The van der Waals surface area contributed by atoms with Gasteiger partial charge < -0.3 is 9.97 Å². The van der Waals surface area contributed by atoms with Crippen LogP contribution in [0.5, 0.6) is 0 Å². The Hall–Kier alpha value is -3.52. The van der Waals surface area contributed by atoms with E-state index in [4.69, 9.17) is 0 Å². The molecular formula is C24H18N2. The summed E-state index contributed by atoms with van der Waals surface area (Å²) in [7, 11) is 0. The van der Waals surface area contributed by atoms with E-state index in [2.05, 4.69) is 95.4 Å². The predicted molar refractivity (Wildman–Crippen MR) is 110 cm³/mol. The van der Waals surface area contributed by atoms with Crippen LogP contribution in [0.2, 0.25) is 0 Å². The van der Waals surface area contributed by atoms with Crippen LogP contribution < -0.4 is 0 Å². The molecule has 0 aliphatic heterocycles. The first-order valence-corrected chi connectivity index (χ1v) is 8.73. The van der Waals surface area contributed by atoms with Crippen LogP contribution >= 0.6 is 0 Å². The maximum absolute atomic E-state index is 4.34. The molecule has 0 spiro atoms. The summed E-state index contributed by atoms with van der Waals surface area (Å²) in [5.41, 5.74) is 7.91. The molecule has 0 atom stereocenters. The van der Waals surface area contributed by atoms with Gasteiger partial charge in [0, 0.05) is 28.3 Å². The fourth-order valence-corrected chi connectivity index (χ4v) is 3.51. The van der Waals surface area contributed by atoms with Crippen molar-refractivity contribution < 1.29 is 0 Å². The van der Waals surface area contributed by atoms with Gasteiger partial charge in [0.1, 0.15) is 0 Å². The summed E-state index contributed by atoms with van der Waals surface area (Å²) in [6.45, 7) is 4.34. The van der Waals surface area contributed by atoms with Crippen molar-refractivity contribution in [2.75, 3.05) is 0 Å². The molecule has 0 bridgehead atoms. The van der Waals surface area contributed by atoms with Crippen molar-refractivity contribution in [2.24, 2.45) is 0 Å². The molecular weight excluding hydrogens is 316 g/mol. The Morgan fingerprint density at radius 1 is 0.692 bits per heavy atom. The Kier molecular flexibility index (Phi) is 3.29. The standard InChI is InChI=1S/C24H18N2/c1-16(18-9-10-22-21(14-18)11-12-25-22)17-6-4-7-19(13-17)24-15-20-5-2-3-8-23(20)26-24/h2-15,25-26H,1H2. The van der Waals surface area contributed by atoms with Gasteiger partial charge in [0.2, 0.25) is 0 Å². The van der Waals surface area contributed by atoms with Gasteiger partial charge in [0.05, 0.1) is 0 Å². The second-order valence-corrected chi connectivity index (χ2v) is 6.61.